The van der Waals surface area contributed by atoms with Crippen molar-refractivity contribution < 1.29 is 4.39 Å². The number of hydrogen-bond donors (Lipinski definition) is 1. The van der Waals surface area contributed by atoms with Crippen molar-refractivity contribution in [3.63, 3.8) is 0 Å². The summed E-state index contributed by atoms with van der Waals surface area (Å²) in [6, 6.07) is 7.71. The maximum Gasteiger partial charge on any atom is 0.173 e. The van der Waals surface area contributed by atoms with Gasteiger partial charge in [-0.05, 0) is 87.0 Å². The Labute approximate surface area is 166 Å². The highest BCUT2D eigenvalue weighted by molar-refractivity contribution is 7.80. The summed E-state index contributed by atoms with van der Waals surface area (Å²) in [6.45, 7) is 3.50. The van der Waals surface area contributed by atoms with Crippen molar-refractivity contribution >= 4 is 23.0 Å². The van der Waals surface area contributed by atoms with Crippen molar-refractivity contribution in [2.75, 3.05) is 25.0 Å². The lowest BCUT2D eigenvalue weighted by Crippen LogP contribution is -2.60. The average molecular weight is 386 g/mol. The second-order valence-electron chi connectivity index (χ2n) is 8.64. The van der Waals surface area contributed by atoms with E-state index in [9.17, 15) is 4.39 Å². The molecule has 0 unspecified atom stereocenters. The van der Waals surface area contributed by atoms with Crippen LogP contribution in [0.3, 0.4) is 0 Å². The summed E-state index contributed by atoms with van der Waals surface area (Å²) in [5.41, 5.74) is 2.49. The maximum atomic E-state index is 13.2. The first-order valence-electron chi connectivity index (χ1n) is 10.5. The molecular weight excluding hydrogens is 357 g/mol. The predicted octanol–water partition coefficient (Wildman–Crippen LogP) is 4.42. The summed E-state index contributed by atoms with van der Waals surface area (Å²) in [5, 5.41) is 4.14. The van der Waals surface area contributed by atoms with E-state index in [1.807, 2.05) is 0 Å². The van der Waals surface area contributed by atoms with Gasteiger partial charge in [-0.15, -0.1) is 0 Å². The minimum atomic E-state index is -0.216. The Morgan fingerprint density at radius 3 is 2.81 bits per heavy atom. The van der Waals surface area contributed by atoms with Crippen molar-refractivity contribution in [1.29, 1.82) is 0 Å². The van der Waals surface area contributed by atoms with E-state index < -0.39 is 0 Å². The zero-order chi connectivity index (χ0) is 18.4. The highest BCUT2D eigenvalue weighted by Crippen LogP contribution is 2.45. The van der Waals surface area contributed by atoms with E-state index in [1.54, 1.807) is 17.7 Å². The molecule has 5 rings (SSSR count). The van der Waals surface area contributed by atoms with Gasteiger partial charge in [0.25, 0.3) is 0 Å². The molecule has 0 radical (unpaired) electrons. The number of hydrogen-bond acceptors (Lipinski definition) is 2. The quantitative estimate of drug-likeness (QED) is 0.570. The van der Waals surface area contributed by atoms with Gasteiger partial charge in [0.2, 0.25) is 0 Å². The molecule has 1 N–H and O–H groups in total. The van der Waals surface area contributed by atoms with Gasteiger partial charge in [0.15, 0.2) is 5.11 Å². The first kappa shape index (κ1) is 17.6. The van der Waals surface area contributed by atoms with E-state index in [0.717, 1.165) is 29.3 Å². The van der Waals surface area contributed by atoms with Crippen LogP contribution in [0.5, 0.6) is 0 Å². The standard InChI is InChI=1S/C22H28FN3S/c23-18-6-8-19(9-7-18)24-22(27)26-11-3-4-15-12-16-13-17(21(15)26)14-25-10-2-1-5-20(16)25/h6-9,12,16-17,20-21H,1-5,10-11,13-14H2,(H,24,27)/t16-,17-,20-,21-/m1/s1. The minimum absolute atomic E-state index is 0.216. The first-order chi connectivity index (χ1) is 13.2. The highest BCUT2D eigenvalue weighted by atomic mass is 32.1. The molecule has 2 bridgehead atoms. The van der Waals surface area contributed by atoms with E-state index >= 15 is 0 Å². The molecule has 0 saturated carbocycles. The van der Waals surface area contributed by atoms with Gasteiger partial charge in [-0.3, -0.25) is 4.90 Å². The first-order valence-corrected chi connectivity index (χ1v) is 10.9. The van der Waals surface area contributed by atoms with Crippen molar-refractivity contribution in [2.24, 2.45) is 11.8 Å². The SMILES string of the molecule is Fc1ccc(NC(=S)N2CCCC3=C[C@@H]4C[C@H](CN5CCCC[C@H]45)[C@@H]32)cc1. The molecule has 1 aliphatic carbocycles. The lowest BCUT2D eigenvalue weighted by atomic mass is 9.68. The Balaban J connectivity index is 1.38. The summed E-state index contributed by atoms with van der Waals surface area (Å²) in [6.07, 6.45) is 10.4. The average Bonchev–Trinajstić information content (AvgIpc) is 2.69. The van der Waals surface area contributed by atoms with Crippen molar-refractivity contribution in [3.8, 4) is 0 Å². The van der Waals surface area contributed by atoms with Crippen LogP contribution in [0.4, 0.5) is 10.1 Å². The number of thiocarbonyl (C=S) groups is 1. The fourth-order valence-corrected chi connectivity index (χ4v) is 6.25. The van der Waals surface area contributed by atoms with Crippen LogP contribution in [0, 0.1) is 17.7 Å². The molecule has 144 valence electrons. The lowest BCUT2D eigenvalue weighted by molar-refractivity contribution is 0.0132. The van der Waals surface area contributed by atoms with Gasteiger partial charge in [0.05, 0.1) is 6.04 Å². The van der Waals surface area contributed by atoms with E-state index in [4.69, 9.17) is 12.2 Å². The minimum Gasteiger partial charge on any atom is -0.342 e. The normalized spacial score (nSPS) is 32.9. The second kappa shape index (κ2) is 7.17. The van der Waals surface area contributed by atoms with Crippen LogP contribution in [-0.4, -0.2) is 46.6 Å². The van der Waals surface area contributed by atoms with Gasteiger partial charge < -0.3 is 10.2 Å². The van der Waals surface area contributed by atoms with Gasteiger partial charge in [-0.1, -0.05) is 18.1 Å². The molecule has 3 heterocycles. The Morgan fingerprint density at radius 2 is 1.96 bits per heavy atom. The zero-order valence-electron chi connectivity index (χ0n) is 15.7. The number of nitrogens with zero attached hydrogens (tertiary/aromatic N) is 2. The third kappa shape index (κ3) is 3.29. The lowest BCUT2D eigenvalue weighted by Gasteiger charge is -2.55. The number of rotatable bonds is 1. The monoisotopic (exact) mass is 385 g/mol. The Hall–Kier alpha value is -1.46. The Kier molecular flexibility index (Phi) is 4.68. The summed E-state index contributed by atoms with van der Waals surface area (Å²) < 4.78 is 13.2. The van der Waals surface area contributed by atoms with Crippen molar-refractivity contribution in [3.05, 3.63) is 41.7 Å². The van der Waals surface area contributed by atoms with E-state index in [-0.39, 0.29) is 5.82 Å². The van der Waals surface area contributed by atoms with Gasteiger partial charge >= 0.3 is 0 Å². The number of fused-ring (bicyclic) bond motifs is 6. The van der Waals surface area contributed by atoms with Crippen LogP contribution in [0.15, 0.2) is 35.9 Å². The molecule has 27 heavy (non-hydrogen) atoms. The molecule has 3 fully saturated rings. The van der Waals surface area contributed by atoms with Crippen LogP contribution in [0.25, 0.3) is 0 Å². The molecule has 3 aliphatic heterocycles. The molecule has 0 amide bonds. The van der Waals surface area contributed by atoms with E-state index in [1.165, 1.54) is 63.7 Å². The van der Waals surface area contributed by atoms with Gasteiger partial charge in [-0.2, -0.15) is 0 Å². The molecule has 4 aliphatic rings. The number of piperidine rings is 3. The molecule has 5 heteroatoms. The summed E-state index contributed by atoms with van der Waals surface area (Å²) in [4.78, 5) is 5.18. The predicted molar refractivity (Wildman–Crippen MR) is 111 cm³/mol. The molecule has 3 nitrogen and oxygen atoms in total. The van der Waals surface area contributed by atoms with Crippen molar-refractivity contribution in [1.82, 2.24) is 9.80 Å². The highest BCUT2D eigenvalue weighted by Gasteiger charge is 2.46. The number of halogens is 1. The molecule has 3 saturated heterocycles. The second-order valence-corrected chi connectivity index (χ2v) is 9.02. The summed E-state index contributed by atoms with van der Waals surface area (Å²) in [5.74, 6) is 1.21. The smallest absolute Gasteiger partial charge is 0.173 e. The number of benzene rings is 1. The van der Waals surface area contributed by atoms with Crippen LogP contribution in [0.2, 0.25) is 0 Å². The zero-order valence-corrected chi connectivity index (χ0v) is 16.6. The third-order valence-electron chi connectivity index (χ3n) is 7.01. The number of likely N-dealkylation sites (tertiary alicyclic amines) is 1. The molecule has 4 atom stereocenters. The van der Waals surface area contributed by atoms with Crippen molar-refractivity contribution in [2.45, 2.75) is 50.6 Å². The molecule has 0 aromatic heterocycles. The molecule has 1 aromatic rings. The summed E-state index contributed by atoms with van der Waals surface area (Å²) in [7, 11) is 0. The summed E-state index contributed by atoms with van der Waals surface area (Å²) >= 11 is 5.80. The molecule has 1 aromatic carbocycles. The van der Waals surface area contributed by atoms with Crippen LogP contribution < -0.4 is 5.32 Å². The molecular formula is C22H28FN3S. The Morgan fingerprint density at radius 1 is 1.11 bits per heavy atom. The number of anilines is 1. The topological polar surface area (TPSA) is 18.5 Å². The molecule has 0 spiro atoms. The van der Waals surface area contributed by atoms with Crippen LogP contribution >= 0.6 is 12.2 Å². The van der Waals surface area contributed by atoms with E-state index in [0.29, 0.717) is 12.0 Å². The largest absolute Gasteiger partial charge is 0.342 e. The Bertz CT molecular complexity index is 746. The third-order valence-corrected chi connectivity index (χ3v) is 7.35. The fourth-order valence-electron chi connectivity index (χ4n) is 5.93. The van der Waals surface area contributed by atoms with Gasteiger partial charge in [-0.25, -0.2) is 4.39 Å². The number of nitrogens with one attached hydrogen (secondary N) is 1. The maximum absolute atomic E-state index is 13.2. The van der Waals surface area contributed by atoms with Gasteiger partial charge in [0.1, 0.15) is 5.82 Å². The van der Waals surface area contributed by atoms with Gasteiger partial charge in [0, 0.05) is 24.8 Å². The van der Waals surface area contributed by atoms with Crippen LogP contribution in [0.1, 0.15) is 38.5 Å². The van der Waals surface area contributed by atoms with Crippen LogP contribution in [-0.2, 0) is 0 Å². The fraction of sp³-hybridized carbons (Fsp3) is 0.591. The van der Waals surface area contributed by atoms with E-state index in [2.05, 4.69) is 21.2 Å².